The van der Waals surface area contributed by atoms with E-state index < -0.39 is 0 Å². The van der Waals surface area contributed by atoms with Crippen molar-refractivity contribution in [3.8, 4) is 5.88 Å². The lowest BCUT2D eigenvalue weighted by Gasteiger charge is -2.01. The molecule has 2 rings (SSSR count). The van der Waals surface area contributed by atoms with Crippen LogP contribution < -0.4 is 4.74 Å². The summed E-state index contributed by atoms with van der Waals surface area (Å²) >= 11 is 0. The second-order valence-corrected chi connectivity index (χ2v) is 3.34. The first kappa shape index (κ1) is 9.77. The topological polar surface area (TPSA) is 30.7 Å². The normalized spacial score (nSPS) is 10.5. The molecule has 0 atom stereocenters. The van der Waals surface area contributed by atoms with Gasteiger partial charge in [0.25, 0.3) is 0 Å². The highest BCUT2D eigenvalue weighted by atomic mass is 16.5. The maximum Gasteiger partial charge on any atom is 0.198 e. The number of hydrogen-bond acceptors (Lipinski definition) is 2. The summed E-state index contributed by atoms with van der Waals surface area (Å²) < 4.78 is 7.35. The first-order valence-corrected chi connectivity index (χ1v) is 4.98. The summed E-state index contributed by atoms with van der Waals surface area (Å²) in [5, 5.41) is 0. The van der Waals surface area contributed by atoms with Crippen molar-refractivity contribution in [3.05, 3.63) is 36.0 Å². The van der Waals surface area contributed by atoms with Crippen molar-refractivity contribution in [2.24, 2.45) is 0 Å². The Balaban J connectivity index is 2.67. The zero-order chi connectivity index (χ0) is 10.8. The van der Waals surface area contributed by atoms with Gasteiger partial charge in [-0.05, 0) is 26.0 Å². The zero-order valence-corrected chi connectivity index (χ0v) is 8.86. The fraction of sp³-hybridized carbons (Fsp3) is 0.250. The molecular formula is C12H13NO2. The van der Waals surface area contributed by atoms with Gasteiger partial charge in [0.1, 0.15) is 0 Å². The van der Waals surface area contributed by atoms with Gasteiger partial charge >= 0.3 is 0 Å². The molecule has 0 unspecified atom stereocenters. The van der Waals surface area contributed by atoms with Crippen LogP contribution in [-0.2, 0) is 0 Å². The van der Waals surface area contributed by atoms with Crippen LogP contribution in [0.5, 0.6) is 5.88 Å². The Morgan fingerprint density at radius 2 is 2.27 bits per heavy atom. The van der Waals surface area contributed by atoms with Crippen LogP contribution in [0.2, 0.25) is 0 Å². The fourth-order valence-corrected chi connectivity index (χ4v) is 1.66. The molecule has 0 radical (unpaired) electrons. The third-order valence-electron chi connectivity index (χ3n) is 2.31. The van der Waals surface area contributed by atoms with Crippen molar-refractivity contribution in [3.63, 3.8) is 0 Å². The molecule has 0 bridgehead atoms. The minimum Gasteiger partial charge on any atom is -0.479 e. The summed E-state index contributed by atoms with van der Waals surface area (Å²) in [6.07, 6.45) is 1.90. The summed E-state index contributed by atoms with van der Waals surface area (Å²) in [5.41, 5.74) is 1.60. The third kappa shape index (κ3) is 1.61. The Morgan fingerprint density at radius 1 is 1.47 bits per heavy atom. The van der Waals surface area contributed by atoms with Crippen LogP contribution in [0, 0.1) is 0 Å². The number of ether oxygens (including phenoxy) is 1. The molecule has 0 spiro atoms. The van der Waals surface area contributed by atoms with Gasteiger partial charge in [0.15, 0.2) is 11.7 Å². The van der Waals surface area contributed by atoms with Gasteiger partial charge in [-0.15, -0.1) is 0 Å². The van der Waals surface area contributed by atoms with Crippen LogP contribution in [0.1, 0.15) is 24.2 Å². The van der Waals surface area contributed by atoms with Crippen molar-refractivity contribution in [1.29, 1.82) is 0 Å². The number of carbonyl (C=O) groups excluding carboxylic acids is 1. The average Bonchev–Trinajstić information content (AvgIpc) is 2.59. The van der Waals surface area contributed by atoms with E-state index in [1.807, 2.05) is 35.7 Å². The second-order valence-electron chi connectivity index (χ2n) is 3.34. The van der Waals surface area contributed by atoms with E-state index in [9.17, 15) is 4.79 Å². The molecule has 0 aliphatic rings. The number of ketones is 1. The molecule has 0 saturated heterocycles. The van der Waals surface area contributed by atoms with Crippen LogP contribution in [0.25, 0.3) is 5.52 Å². The molecule has 3 nitrogen and oxygen atoms in total. The Bertz CT molecular complexity index is 499. The van der Waals surface area contributed by atoms with Crippen LogP contribution in [0.15, 0.2) is 30.5 Å². The van der Waals surface area contributed by atoms with E-state index >= 15 is 0 Å². The van der Waals surface area contributed by atoms with Crippen molar-refractivity contribution in [2.45, 2.75) is 13.8 Å². The van der Waals surface area contributed by atoms with Crippen molar-refractivity contribution >= 4 is 11.3 Å². The number of nitrogens with zero attached hydrogens (tertiary/aromatic N) is 1. The molecule has 0 saturated carbocycles. The van der Waals surface area contributed by atoms with Crippen molar-refractivity contribution < 1.29 is 9.53 Å². The largest absolute Gasteiger partial charge is 0.479 e. The highest BCUT2D eigenvalue weighted by Crippen LogP contribution is 2.23. The van der Waals surface area contributed by atoms with Gasteiger partial charge in [-0.25, -0.2) is 0 Å². The van der Waals surface area contributed by atoms with Crippen LogP contribution in [-0.4, -0.2) is 16.8 Å². The average molecular weight is 203 g/mol. The number of pyridine rings is 1. The van der Waals surface area contributed by atoms with E-state index in [1.54, 1.807) is 13.0 Å². The molecule has 0 aliphatic heterocycles. The number of carbonyl (C=O) groups is 1. The molecule has 2 aromatic heterocycles. The smallest absolute Gasteiger partial charge is 0.198 e. The Hall–Kier alpha value is -1.77. The number of hydrogen-bond donors (Lipinski definition) is 0. The molecule has 2 heterocycles. The first-order valence-electron chi connectivity index (χ1n) is 4.98. The molecule has 0 amide bonds. The van der Waals surface area contributed by atoms with E-state index in [0.717, 1.165) is 11.4 Å². The summed E-state index contributed by atoms with van der Waals surface area (Å²) in [6, 6.07) is 7.54. The standard InChI is InChI=1S/C12H13NO2/c1-3-15-12-8-10(9(2)14)11-6-4-5-7-13(11)12/h4-8H,3H2,1-2H3. The quantitative estimate of drug-likeness (QED) is 0.718. The number of Topliss-reactive ketones (excluding diaryl/α,β-unsaturated/α-hetero) is 1. The molecule has 0 aromatic carbocycles. The minimum absolute atomic E-state index is 0.0599. The number of rotatable bonds is 3. The first-order chi connectivity index (χ1) is 7.24. The van der Waals surface area contributed by atoms with E-state index in [0.29, 0.717) is 12.2 Å². The molecular weight excluding hydrogens is 190 g/mol. The molecule has 3 heteroatoms. The van der Waals surface area contributed by atoms with Crippen molar-refractivity contribution in [2.75, 3.05) is 6.61 Å². The van der Waals surface area contributed by atoms with Gasteiger partial charge in [0.2, 0.25) is 0 Å². The molecule has 0 aliphatic carbocycles. The monoisotopic (exact) mass is 203 g/mol. The highest BCUT2D eigenvalue weighted by molar-refractivity contribution is 6.01. The van der Waals surface area contributed by atoms with Crippen LogP contribution in [0.4, 0.5) is 0 Å². The maximum absolute atomic E-state index is 11.4. The molecule has 15 heavy (non-hydrogen) atoms. The minimum atomic E-state index is 0.0599. The summed E-state index contributed by atoms with van der Waals surface area (Å²) in [7, 11) is 0. The van der Waals surface area contributed by atoms with Crippen LogP contribution in [0.3, 0.4) is 0 Å². The van der Waals surface area contributed by atoms with E-state index in [1.165, 1.54) is 0 Å². The summed E-state index contributed by atoms with van der Waals surface area (Å²) in [5.74, 6) is 0.781. The Kier molecular flexibility index (Phi) is 2.46. The molecule has 0 N–H and O–H groups in total. The van der Waals surface area contributed by atoms with E-state index in [-0.39, 0.29) is 5.78 Å². The molecule has 2 aromatic rings. The Morgan fingerprint density at radius 3 is 2.93 bits per heavy atom. The van der Waals surface area contributed by atoms with Gasteiger partial charge in [-0.3, -0.25) is 9.20 Å². The SMILES string of the molecule is CCOc1cc(C(C)=O)c2ccccn12. The zero-order valence-electron chi connectivity index (χ0n) is 8.86. The molecule has 78 valence electrons. The lowest BCUT2D eigenvalue weighted by molar-refractivity contribution is 0.101. The predicted octanol–water partition coefficient (Wildman–Crippen LogP) is 2.54. The highest BCUT2D eigenvalue weighted by Gasteiger charge is 2.11. The lowest BCUT2D eigenvalue weighted by atomic mass is 10.2. The predicted molar refractivity (Wildman–Crippen MR) is 58.6 cm³/mol. The van der Waals surface area contributed by atoms with E-state index in [2.05, 4.69) is 0 Å². The summed E-state index contributed by atoms with van der Waals surface area (Å²) in [4.78, 5) is 11.4. The van der Waals surface area contributed by atoms with Crippen molar-refractivity contribution in [1.82, 2.24) is 4.40 Å². The van der Waals surface area contributed by atoms with Gasteiger partial charge < -0.3 is 4.74 Å². The number of fused-ring (bicyclic) bond motifs is 1. The second kappa shape index (κ2) is 3.77. The maximum atomic E-state index is 11.4. The van der Waals surface area contributed by atoms with Gasteiger partial charge in [0.05, 0.1) is 12.1 Å². The van der Waals surface area contributed by atoms with Gasteiger partial charge in [-0.1, -0.05) is 6.07 Å². The van der Waals surface area contributed by atoms with Gasteiger partial charge in [0, 0.05) is 17.8 Å². The number of aromatic nitrogens is 1. The fourth-order valence-electron chi connectivity index (χ4n) is 1.66. The lowest BCUT2D eigenvalue weighted by Crippen LogP contribution is -1.94. The third-order valence-corrected chi connectivity index (χ3v) is 2.31. The Labute approximate surface area is 88.3 Å². The summed E-state index contributed by atoms with van der Waals surface area (Å²) in [6.45, 7) is 4.09. The van der Waals surface area contributed by atoms with Crippen LogP contribution >= 0.6 is 0 Å². The van der Waals surface area contributed by atoms with E-state index in [4.69, 9.17) is 4.74 Å². The molecule has 0 fully saturated rings. The van der Waals surface area contributed by atoms with Gasteiger partial charge in [-0.2, -0.15) is 0 Å².